The summed E-state index contributed by atoms with van der Waals surface area (Å²) in [5, 5.41) is 0. The summed E-state index contributed by atoms with van der Waals surface area (Å²) >= 11 is 0. The Labute approximate surface area is 123 Å². The second-order valence-corrected chi connectivity index (χ2v) is 4.99. The predicted molar refractivity (Wildman–Crippen MR) is 77.1 cm³/mol. The zero-order chi connectivity index (χ0) is 14.5. The highest BCUT2D eigenvalue weighted by Crippen LogP contribution is 2.17. The molecule has 3 heterocycles. The van der Waals surface area contributed by atoms with Crippen LogP contribution in [-0.4, -0.2) is 46.2 Å². The maximum absolute atomic E-state index is 5.80. The Morgan fingerprint density at radius 2 is 2.10 bits per heavy atom. The highest BCUT2D eigenvalue weighted by atomic mass is 16.5. The van der Waals surface area contributed by atoms with Crippen LogP contribution in [0, 0.1) is 0 Å². The van der Waals surface area contributed by atoms with Gasteiger partial charge in [0.25, 0.3) is 0 Å². The van der Waals surface area contributed by atoms with Crippen molar-refractivity contribution in [3.05, 3.63) is 42.5 Å². The lowest BCUT2D eigenvalue weighted by molar-refractivity contribution is 0.182. The van der Waals surface area contributed by atoms with Gasteiger partial charge in [0.05, 0.1) is 25.2 Å². The van der Waals surface area contributed by atoms with Crippen LogP contribution < -0.4 is 9.47 Å². The minimum atomic E-state index is 0.127. The summed E-state index contributed by atoms with van der Waals surface area (Å²) in [6.07, 6.45) is 6.15. The van der Waals surface area contributed by atoms with Crippen molar-refractivity contribution < 1.29 is 9.47 Å². The van der Waals surface area contributed by atoms with E-state index in [9.17, 15) is 0 Å². The van der Waals surface area contributed by atoms with Gasteiger partial charge >= 0.3 is 6.01 Å². The molecule has 0 aliphatic carbocycles. The third-order valence-corrected chi connectivity index (χ3v) is 3.45. The third-order valence-electron chi connectivity index (χ3n) is 3.45. The topological polar surface area (TPSA) is 60.4 Å². The second-order valence-electron chi connectivity index (χ2n) is 4.99. The third kappa shape index (κ3) is 3.66. The van der Waals surface area contributed by atoms with Crippen molar-refractivity contribution in [1.29, 1.82) is 0 Å². The van der Waals surface area contributed by atoms with E-state index in [0.717, 1.165) is 31.7 Å². The molecular formula is C15H18N4O2. The lowest BCUT2D eigenvalue weighted by atomic mass is 10.3. The van der Waals surface area contributed by atoms with E-state index in [1.165, 1.54) is 0 Å². The molecule has 0 radical (unpaired) electrons. The first-order valence-corrected chi connectivity index (χ1v) is 6.98. The van der Waals surface area contributed by atoms with E-state index >= 15 is 0 Å². The Bertz CT molecular complexity index is 562. The van der Waals surface area contributed by atoms with E-state index in [4.69, 9.17) is 9.47 Å². The fraction of sp³-hybridized carbons (Fsp3) is 0.400. The molecule has 1 fully saturated rings. The number of likely N-dealkylation sites (tertiary alicyclic amines) is 1. The van der Waals surface area contributed by atoms with Crippen LogP contribution in [0.3, 0.4) is 0 Å². The van der Waals surface area contributed by atoms with Gasteiger partial charge in [-0.05, 0) is 18.6 Å². The monoisotopic (exact) mass is 286 g/mol. The van der Waals surface area contributed by atoms with Gasteiger partial charge in [0.2, 0.25) is 0 Å². The molecule has 2 aromatic rings. The largest absolute Gasteiger partial charge is 0.494 e. The summed E-state index contributed by atoms with van der Waals surface area (Å²) in [7, 11) is 1.59. The number of ether oxygens (including phenoxy) is 2. The molecule has 1 unspecified atom stereocenters. The van der Waals surface area contributed by atoms with Crippen LogP contribution in [0.25, 0.3) is 0 Å². The van der Waals surface area contributed by atoms with E-state index in [1.807, 2.05) is 24.4 Å². The highest BCUT2D eigenvalue weighted by Gasteiger charge is 2.24. The fourth-order valence-electron chi connectivity index (χ4n) is 2.38. The Hall–Kier alpha value is -2.21. The van der Waals surface area contributed by atoms with Gasteiger partial charge in [-0.1, -0.05) is 6.07 Å². The number of methoxy groups -OCH3 is 1. The van der Waals surface area contributed by atoms with Crippen LogP contribution in [0.2, 0.25) is 0 Å². The number of pyridine rings is 1. The van der Waals surface area contributed by atoms with Gasteiger partial charge in [-0.2, -0.15) is 9.97 Å². The zero-order valence-corrected chi connectivity index (χ0v) is 12.0. The van der Waals surface area contributed by atoms with E-state index < -0.39 is 0 Å². The minimum Gasteiger partial charge on any atom is -0.494 e. The van der Waals surface area contributed by atoms with Gasteiger partial charge < -0.3 is 9.47 Å². The molecule has 0 N–H and O–H groups in total. The van der Waals surface area contributed by atoms with Crippen molar-refractivity contribution in [3.63, 3.8) is 0 Å². The van der Waals surface area contributed by atoms with Crippen LogP contribution in [0.4, 0.5) is 0 Å². The van der Waals surface area contributed by atoms with Crippen molar-refractivity contribution in [2.75, 3.05) is 20.2 Å². The van der Waals surface area contributed by atoms with Gasteiger partial charge in [-0.15, -0.1) is 0 Å². The average Bonchev–Trinajstić information content (AvgIpc) is 2.96. The van der Waals surface area contributed by atoms with Gasteiger partial charge in [0, 0.05) is 25.8 Å². The van der Waals surface area contributed by atoms with Crippen molar-refractivity contribution in [1.82, 2.24) is 19.9 Å². The molecule has 2 aromatic heterocycles. The molecular weight excluding hydrogens is 268 g/mol. The molecule has 1 saturated heterocycles. The molecule has 6 heteroatoms. The SMILES string of the molecule is COc1cnc(OC2CCN(Cc3ccccn3)C2)nc1. The fourth-order valence-corrected chi connectivity index (χ4v) is 2.38. The number of hydrogen-bond acceptors (Lipinski definition) is 6. The lowest BCUT2D eigenvalue weighted by Crippen LogP contribution is -2.25. The Balaban J connectivity index is 1.52. The average molecular weight is 286 g/mol. The smallest absolute Gasteiger partial charge is 0.316 e. The number of nitrogens with zero attached hydrogens (tertiary/aromatic N) is 4. The molecule has 3 rings (SSSR count). The summed E-state index contributed by atoms with van der Waals surface area (Å²) in [5.74, 6) is 0.630. The van der Waals surface area contributed by atoms with E-state index in [2.05, 4.69) is 19.9 Å². The van der Waals surface area contributed by atoms with Crippen LogP contribution >= 0.6 is 0 Å². The van der Waals surface area contributed by atoms with Crippen LogP contribution in [0.1, 0.15) is 12.1 Å². The Morgan fingerprint density at radius 3 is 2.81 bits per heavy atom. The normalized spacial score (nSPS) is 18.6. The second kappa shape index (κ2) is 6.49. The first kappa shape index (κ1) is 13.8. The van der Waals surface area contributed by atoms with Gasteiger partial charge in [0.1, 0.15) is 6.10 Å². The number of aromatic nitrogens is 3. The lowest BCUT2D eigenvalue weighted by Gasteiger charge is -2.15. The highest BCUT2D eigenvalue weighted by molar-refractivity contribution is 5.13. The maximum atomic E-state index is 5.80. The molecule has 0 amide bonds. The van der Waals surface area contributed by atoms with Crippen LogP contribution in [0.15, 0.2) is 36.8 Å². The summed E-state index contributed by atoms with van der Waals surface area (Å²) in [6.45, 7) is 2.72. The molecule has 1 aliphatic heterocycles. The number of rotatable bonds is 5. The molecule has 110 valence electrons. The minimum absolute atomic E-state index is 0.127. The van der Waals surface area contributed by atoms with Gasteiger partial charge in [0.15, 0.2) is 5.75 Å². The van der Waals surface area contributed by atoms with Crippen molar-refractivity contribution >= 4 is 0 Å². The number of hydrogen-bond donors (Lipinski definition) is 0. The maximum Gasteiger partial charge on any atom is 0.316 e. The standard InChI is InChI=1S/C15H18N4O2/c1-20-14-8-17-15(18-9-14)21-13-5-7-19(11-13)10-12-4-2-3-6-16-12/h2-4,6,8-9,13H,5,7,10-11H2,1H3. The van der Waals surface area contributed by atoms with E-state index in [0.29, 0.717) is 11.8 Å². The quantitative estimate of drug-likeness (QED) is 0.831. The molecule has 1 aliphatic rings. The molecule has 0 spiro atoms. The van der Waals surface area contributed by atoms with Crippen LogP contribution in [-0.2, 0) is 6.54 Å². The van der Waals surface area contributed by atoms with Gasteiger partial charge in [-0.25, -0.2) is 0 Å². The van der Waals surface area contributed by atoms with Crippen LogP contribution in [0.5, 0.6) is 11.8 Å². The van der Waals surface area contributed by atoms with Crippen molar-refractivity contribution in [3.8, 4) is 11.8 Å². The molecule has 21 heavy (non-hydrogen) atoms. The molecule has 0 aromatic carbocycles. The summed E-state index contributed by atoms with van der Waals surface area (Å²) < 4.78 is 10.8. The van der Waals surface area contributed by atoms with Gasteiger partial charge in [-0.3, -0.25) is 9.88 Å². The van der Waals surface area contributed by atoms with Crippen molar-refractivity contribution in [2.24, 2.45) is 0 Å². The Morgan fingerprint density at radius 1 is 1.24 bits per heavy atom. The first-order valence-electron chi connectivity index (χ1n) is 6.98. The summed E-state index contributed by atoms with van der Waals surface area (Å²) in [5.41, 5.74) is 1.08. The van der Waals surface area contributed by atoms with Crippen molar-refractivity contribution in [2.45, 2.75) is 19.1 Å². The Kier molecular flexibility index (Phi) is 4.25. The summed E-state index contributed by atoms with van der Waals surface area (Å²) in [6, 6.07) is 6.39. The van der Waals surface area contributed by atoms with E-state index in [1.54, 1.807) is 19.5 Å². The molecule has 0 saturated carbocycles. The molecule has 6 nitrogen and oxygen atoms in total. The van der Waals surface area contributed by atoms with E-state index in [-0.39, 0.29) is 6.10 Å². The predicted octanol–water partition coefficient (Wildman–Crippen LogP) is 1.53. The molecule has 1 atom stereocenters. The zero-order valence-electron chi connectivity index (χ0n) is 12.0. The summed E-state index contributed by atoms with van der Waals surface area (Å²) in [4.78, 5) is 14.9. The molecule has 0 bridgehead atoms. The first-order chi connectivity index (χ1) is 10.3.